The van der Waals surface area contributed by atoms with Gasteiger partial charge in [-0.15, -0.1) is 0 Å². The van der Waals surface area contributed by atoms with Crippen LogP contribution in [0.1, 0.15) is 16.1 Å². The summed E-state index contributed by atoms with van der Waals surface area (Å²) in [6.45, 7) is 0. The summed E-state index contributed by atoms with van der Waals surface area (Å²) in [5, 5.41) is 26.9. The molecule has 0 spiro atoms. The molecule has 0 aliphatic rings. The lowest BCUT2D eigenvalue weighted by Crippen LogP contribution is -2.14. The van der Waals surface area contributed by atoms with Gasteiger partial charge in [-0.05, 0) is 23.8 Å². The van der Waals surface area contributed by atoms with Crippen LogP contribution in [0.15, 0.2) is 45.8 Å². The van der Waals surface area contributed by atoms with Gasteiger partial charge in [-0.25, -0.2) is 9.59 Å². The van der Waals surface area contributed by atoms with Crippen LogP contribution in [0.5, 0.6) is 5.75 Å². The van der Waals surface area contributed by atoms with Gasteiger partial charge in [-0.2, -0.15) is 0 Å². The molecule has 0 radical (unpaired) electrons. The van der Waals surface area contributed by atoms with Gasteiger partial charge in [0.25, 0.3) is 0 Å². The Morgan fingerprint density at radius 3 is 2.27 bits per heavy atom. The van der Waals surface area contributed by atoms with Gasteiger partial charge in [0.05, 0.1) is 11.1 Å². The third kappa shape index (κ3) is 3.04. The van der Waals surface area contributed by atoms with Crippen molar-refractivity contribution >= 4 is 18.0 Å². The second kappa shape index (κ2) is 5.96. The number of carbonyl (C=O) groups is 2. The van der Waals surface area contributed by atoms with Crippen molar-refractivity contribution in [3.63, 3.8) is 0 Å². The van der Waals surface area contributed by atoms with E-state index >= 15 is 0 Å². The van der Waals surface area contributed by atoms with Crippen LogP contribution in [0.25, 0.3) is 17.2 Å². The number of aliphatic carboxylic acids is 1. The van der Waals surface area contributed by atoms with Crippen LogP contribution in [0, 0.1) is 0 Å². The first-order valence-corrected chi connectivity index (χ1v) is 5.99. The number of phenolic OH excluding ortho intramolecular Hbond substituents is 1. The van der Waals surface area contributed by atoms with Gasteiger partial charge in [0.15, 0.2) is 0 Å². The highest BCUT2D eigenvalue weighted by molar-refractivity contribution is 5.92. The molecule has 0 amide bonds. The van der Waals surface area contributed by atoms with Gasteiger partial charge in [-0.3, -0.25) is 4.79 Å². The zero-order valence-electron chi connectivity index (χ0n) is 11.0. The van der Waals surface area contributed by atoms with Crippen molar-refractivity contribution in [1.29, 1.82) is 0 Å². The van der Waals surface area contributed by atoms with E-state index in [0.717, 1.165) is 12.3 Å². The van der Waals surface area contributed by atoms with Crippen LogP contribution in [-0.4, -0.2) is 27.3 Å². The molecule has 2 rings (SSSR count). The normalized spacial score (nSPS) is 10.7. The number of hydrogen-bond acceptors (Lipinski definition) is 5. The summed E-state index contributed by atoms with van der Waals surface area (Å²) in [6.07, 6.45) is 2.51. The minimum atomic E-state index is -1.49. The minimum absolute atomic E-state index is 0.00119. The number of aromatic hydroxyl groups is 1. The number of hydrogen-bond donors (Lipinski definition) is 3. The van der Waals surface area contributed by atoms with Crippen LogP contribution in [0.3, 0.4) is 0 Å². The summed E-state index contributed by atoms with van der Waals surface area (Å²) in [7, 11) is 0. The summed E-state index contributed by atoms with van der Waals surface area (Å²) >= 11 is 0. The van der Waals surface area contributed by atoms with Gasteiger partial charge in [-0.1, -0.05) is 12.1 Å². The maximum absolute atomic E-state index is 12.4. The Morgan fingerprint density at radius 2 is 1.73 bits per heavy atom. The van der Waals surface area contributed by atoms with Crippen molar-refractivity contribution < 1.29 is 29.3 Å². The first kappa shape index (κ1) is 15.0. The molecule has 0 aliphatic carbocycles. The fourth-order valence-electron chi connectivity index (χ4n) is 1.79. The number of carboxylic acids is 2. The van der Waals surface area contributed by atoms with E-state index < -0.39 is 23.1 Å². The molecule has 0 atom stereocenters. The first-order valence-electron chi connectivity index (χ1n) is 5.99. The smallest absolute Gasteiger partial charge is 0.372 e. The Hall–Kier alpha value is -3.35. The molecule has 1 heterocycles. The molecule has 7 heteroatoms. The number of rotatable bonds is 4. The third-order valence-corrected chi connectivity index (χ3v) is 2.79. The lowest BCUT2D eigenvalue weighted by Gasteiger charge is -2.04. The minimum Gasteiger partial charge on any atom is -0.508 e. The summed E-state index contributed by atoms with van der Waals surface area (Å²) in [4.78, 5) is 34.0. The molecule has 1 aromatic carbocycles. The predicted molar refractivity (Wildman–Crippen MR) is 75.7 cm³/mol. The molecule has 0 unspecified atom stereocenters. The SMILES string of the molecule is O=C(O)/C=C/c1c(C(=O)O)occ(-c2ccc(O)cc2)c1=O. The summed E-state index contributed by atoms with van der Waals surface area (Å²) in [5.41, 5.74) is -0.615. The van der Waals surface area contributed by atoms with Crippen molar-refractivity contribution in [1.82, 2.24) is 0 Å². The number of benzene rings is 1. The fraction of sp³-hybridized carbons (Fsp3) is 0. The highest BCUT2D eigenvalue weighted by Gasteiger charge is 2.18. The third-order valence-electron chi connectivity index (χ3n) is 2.79. The van der Waals surface area contributed by atoms with Gasteiger partial charge >= 0.3 is 11.9 Å². The Labute approximate surface area is 123 Å². The molecule has 2 aromatic rings. The Morgan fingerprint density at radius 1 is 1.09 bits per heavy atom. The maximum atomic E-state index is 12.4. The van der Waals surface area contributed by atoms with Crippen LogP contribution >= 0.6 is 0 Å². The van der Waals surface area contributed by atoms with Crippen molar-refractivity contribution in [3.05, 3.63) is 58.2 Å². The van der Waals surface area contributed by atoms with Crippen LogP contribution in [0.4, 0.5) is 0 Å². The van der Waals surface area contributed by atoms with Crippen LogP contribution in [0.2, 0.25) is 0 Å². The van der Waals surface area contributed by atoms with Crippen LogP contribution in [-0.2, 0) is 4.79 Å². The second-order valence-corrected chi connectivity index (χ2v) is 4.24. The van der Waals surface area contributed by atoms with E-state index in [-0.39, 0.29) is 16.9 Å². The maximum Gasteiger partial charge on any atom is 0.372 e. The molecular weight excluding hydrogens is 292 g/mol. The van der Waals surface area contributed by atoms with Gasteiger partial charge in [0.1, 0.15) is 12.0 Å². The Balaban J connectivity index is 2.66. The molecule has 112 valence electrons. The van der Waals surface area contributed by atoms with E-state index in [4.69, 9.17) is 14.6 Å². The topological polar surface area (TPSA) is 125 Å². The average Bonchev–Trinajstić information content (AvgIpc) is 2.46. The average molecular weight is 302 g/mol. The summed E-state index contributed by atoms with van der Waals surface area (Å²) in [6, 6.07) is 5.61. The number of aromatic carboxylic acids is 1. The van der Waals surface area contributed by atoms with Crippen molar-refractivity contribution in [2.75, 3.05) is 0 Å². The summed E-state index contributed by atoms with van der Waals surface area (Å²) in [5.74, 6) is -3.46. The number of phenols is 1. The molecule has 7 nitrogen and oxygen atoms in total. The molecule has 0 saturated heterocycles. The fourth-order valence-corrected chi connectivity index (χ4v) is 1.79. The molecule has 0 saturated carbocycles. The van der Waals surface area contributed by atoms with Gasteiger partial charge in [0.2, 0.25) is 11.2 Å². The first-order chi connectivity index (χ1) is 10.4. The van der Waals surface area contributed by atoms with Crippen molar-refractivity contribution in [2.24, 2.45) is 0 Å². The van der Waals surface area contributed by atoms with Gasteiger partial charge in [0, 0.05) is 6.08 Å². The van der Waals surface area contributed by atoms with Gasteiger partial charge < -0.3 is 19.7 Å². The second-order valence-electron chi connectivity index (χ2n) is 4.24. The quantitative estimate of drug-likeness (QED) is 0.735. The zero-order valence-corrected chi connectivity index (χ0v) is 11.0. The highest BCUT2D eigenvalue weighted by Crippen LogP contribution is 2.21. The van der Waals surface area contributed by atoms with E-state index in [0.29, 0.717) is 11.6 Å². The lowest BCUT2D eigenvalue weighted by molar-refractivity contribution is -0.131. The largest absolute Gasteiger partial charge is 0.508 e. The van der Waals surface area contributed by atoms with Crippen molar-refractivity contribution in [3.8, 4) is 16.9 Å². The zero-order chi connectivity index (χ0) is 16.3. The molecule has 0 bridgehead atoms. The van der Waals surface area contributed by atoms with E-state index in [2.05, 4.69) is 0 Å². The standard InChI is InChI=1S/C15H10O7/c16-9-3-1-8(2-4-9)11-7-22-14(15(20)21)10(13(11)19)5-6-12(17)18/h1-7,16H,(H,17,18)(H,20,21)/b6-5+. The van der Waals surface area contributed by atoms with E-state index in [1.807, 2.05) is 0 Å². The molecule has 0 fully saturated rings. The molecule has 1 aromatic heterocycles. The van der Waals surface area contributed by atoms with Crippen LogP contribution < -0.4 is 5.43 Å². The predicted octanol–water partition coefficient (Wildman–Crippen LogP) is 1.81. The highest BCUT2D eigenvalue weighted by atomic mass is 16.4. The monoisotopic (exact) mass is 302 g/mol. The Kier molecular flexibility index (Phi) is 4.08. The Bertz CT molecular complexity index is 813. The molecular formula is C15H10O7. The molecule has 22 heavy (non-hydrogen) atoms. The summed E-state index contributed by atoms with van der Waals surface area (Å²) < 4.78 is 4.94. The molecule has 3 N–H and O–H groups in total. The number of carboxylic acid groups (broad SMARTS) is 2. The van der Waals surface area contributed by atoms with E-state index in [9.17, 15) is 19.5 Å². The van der Waals surface area contributed by atoms with E-state index in [1.54, 1.807) is 0 Å². The molecule has 0 aliphatic heterocycles. The van der Waals surface area contributed by atoms with E-state index in [1.165, 1.54) is 24.3 Å². The van der Waals surface area contributed by atoms with Crippen molar-refractivity contribution in [2.45, 2.75) is 0 Å². The lowest BCUT2D eigenvalue weighted by atomic mass is 10.0.